The third-order valence-electron chi connectivity index (χ3n) is 11.3. The maximum Gasteiger partial charge on any atom is -1.00 e. The van der Waals surface area contributed by atoms with Crippen LogP contribution < -0.4 is 24.8 Å². The summed E-state index contributed by atoms with van der Waals surface area (Å²) >= 11 is 0.729. The first-order chi connectivity index (χ1) is 28.0. The third kappa shape index (κ3) is 14.3. The molecule has 0 nitrogen and oxygen atoms in total. The van der Waals surface area contributed by atoms with Gasteiger partial charge in [0.15, 0.2) is 0 Å². The quantitative estimate of drug-likeness (QED) is 0.125. The molecule has 0 saturated heterocycles. The van der Waals surface area contributed by atoms with Gasteiger partial charge in [-0.1, -0.05) is 163 Å². The van der Waals surface area contributed by atoms with E-state index in [-0.39, 0.29) is 57.6 Å². The molecular weight excluding hydrogens is 937 g/mol. The first-order valence-electron chi connectivity index (χ1n) is 21.5. The molecule has 0 radical (unpaired) electrons. The van der Waals surface area contributed by atoms with E-state index in [1.807, 2.05) is 0 Å². The molecule has 5 aromatic rings. The fraction of sp³-hybridized carbons (Fsp3) is 0.455. The van der Waals surface area contributed by atoms with Crippen LogP contribution in [-0.2, 0) is 58.2 Å². The molecule has 0 spiro atoms. The monoisotopic (exact) mass is 1000 g/mol. The van der Waals surface area contributed by atoms with Gasteiger partial charge in [0.05, 0.1) is 0 Å². The molecule has 6 rings (SSSR count). The Balaban J connectivity index is 0.000000356. The number of hydrogen-bond acceptors (Lipinski definition) is 0. The molecule has 1 aliphatic carbocycles. The van der Waals surface area contributed by atoms with E-state index in [1.54, 1.807) is 0 Å². The molecule has 0 aromatic heterocycles. The molecule has 9 heteroatoms. The molecule has 0 amide bonds. The molecule has 0 heterocycles. The summed E-state index contributed by atoms with van der Waals surface area (Å²) < 4.78 is 76.7. The molecule has 0 fully saturated rings. The van der Waals surface area contributed by atoms with Crippen LogP contribution in [-0.4, -0.2) is 3.21 Å². The Kier molecular flexibility index (Phi) is 18.4. The van der Waals surface area contributed by atoms with E-state index in [9.17, 15) is 26.3 Å². The van der Waals surface area contributed by atoms with E-state index in [0.29, 0.717) is 14.5 Å². The molecule has 0 saturated carbocycles. The van der Waals surface area contributed by atoms with Gasteiger partial charge in [-0.15, -0.1) is 39.7 Å². The van der Waals surface area contributed by atoms with Crippen LogP contribution in [0.15, 0.2) is 96.6 Å². The number of rotatable bonds is 3. The fourth-order valence-corrected chi connectivity index (χ4v) is 8.43. The van der Waals surface area contributed by atoms with Crippen LogP contribution in [0.2, 0.25) is 0 Å². The number of benzene rings is 4. The van der Waals surface area contributed by atoms with Crippen molar-refractivity contribution >= 4 is 24.8 Å². The predicted octanol–water partition coefficient (Wildman–Crippen LogP) is 11.1. The zero-order valence-corrected chi connectivity index (χ0v) is 44.4. The van der Waals surface area contributed by atoms with Gasteiger partial charge in [0.1, 0.15) is 0 Å². The van der Waals surface area contributed by atoms with Gasteiger partial charge in [-0.25, -0.2) is 6.08 Å². The summed E-state index contributed by atoms with van der Waals surface area (Å²) in [5.74, 6) is 0.573. The van der Waals surface area contributed by atoms with Crippen molar-refractivity contribution in [2.45, 2.75) is 151 Å². The maximum atomic E-state index is 12.7. The Hall–Kier alpha value is -2.86. The van der Waals surface area contributed by atoms with Gasteiger partial charge in [0.25, 0.3) is 0 Å². The SMILES string of the molecule is CC(C)(C)c1cc2[cH-]c3cc(C(C)(C)C)c(C(C)(C)C)cc3c2cc1C(C)(C)C.CCC1[C-]=CC(C(C)(C)C)=C1.FC(F)(F)c1cccc([C](=[Zr+2])c2cccc(C(F)(F)F)c2)c1.[Cl-].[Cl-]. The molecule has 0 N–H and O–H groups in total. The zero-order chi connectivity index (χ0) is 47.2. The summed E-state index contributed by atoms with van der Waals surface area (Å²) in [7, 11) is 0. The molecule has 1 aliphatic rings. The van der Waals surface area contributed by atoms with Crippen LogP contribution in [0, 0.1) is 17.4 Å². The molecule has 1 atom stereocenters. The summed E-state index contributed by atoms with van der Waals surface area (Å²) in [6.45, 7) is 37.0. The van der Waals surface area contributed by atoms with Crippen LogP contribution in [0.3, 0.4) is 0 Å². The number of halogens is 8. The molecule has 0 aliphatic heterocycles. The van der Waals surface area contributed by atoms with Crippen molar-refractivity contribution in [3.63, 3.8) is 0 Å². The minimum atomic E-state index is -4.49. The Morgan fingerprint density at radius 2 is 0.875 bits per heavy atom. The second kappa shape index (κ2) is 20.6. The van der Waals surface area contributed by atoms with Crippen molar-refractivity contribution in [1.82, 2.24) is 0 Å². The number of alkyl halides is 6. The topological polar surface area (TPSA) is 0 Å². The van der Waals surface area contributed by atoms with Crippen molar-refractivity contribution in [3.8, 4) is 0 Å². The molecule has 64 heavy (non-hydrogen) atoms. The Bertz CT molecular complexity index is 2310. The van der Waals surface area contributed by atoms with Crippen LogP contribution >= 0.6 is 0 Å². The van der Waals surface area contributed by atoms with Crippen LogP contribution in [0.25, 0.3) is 21.5 Å². The Morgan fingerprint density at radius 3 is 1.14 bits per heavy atom. The second-order valence-electron chi connectivity index (χ2n) is 21.8. The minimum Gasteiger partial charge on any atom is -1.00 e. The molecule has 0 bridgehead atoms. The molecule has 1 unspecified atom stereocenters. The van der Waals surface area contributed by atoms with Gasteiger partial charge in [0.2, 0.25) is 0 Å². The van der Waals surface area contributed by atoms with Crippen molar-refractivity contribution in [2.24, 2.45) is 11.3 Å². The Labute approximate surface area is 407 Å². The van der Waals surface area contributed by atoms with Crippen molar-refractivity contribution in [1.29, 1.82) is 0 Å². The van der Waals surface area contributed by atoms with Crippen LogP contribution in [0.4, 0.5) is 26.3 Å². The van der Waals surface area contributed by atoms with Crippen LogP contribution in [0.5, 0.6) is 0 Å². The van der Waals surface area contributed by atoms with E-state index in [0.717, 1.165) is 48.5 Å². The summed E-state index contributed by atoms with van der Waals surface area (Å²) in [6, 6.07) is 21.5. The average Bonchev–Trinajstić information content (AvgIpc) is 3.77. The first-order valence-corrected chi connectivity index (χ1v) is 22.7. The molecule has 348 valence electrons. The average molecular weight is 1000 g/mol. The smallest absolute Gasteiger partial charge is 1.00 e. The minimum absolute atomic E-state index is 0. The van der Waals surface area contributed by atoms with E-state index >= 15 is 0 Å². The van der Waals surface area contributed by atoms with Gasteiger partial charge in [-0.05, 0) is 21.7 Å². The molecular formula is C55H66Cl2F6Zr-2. The van der Waals surface area contributed by atoms with E-state index in [4.69, 9.17) is 0 Å². The van der Waals surface area contributed by atoms with Gasteiger partial charge in [-0.2, -0.15) is 11.6 Å². The zero-order valence-electron chi connectivity index (χ0n) is 40.5. The first kappa shape index (κ1) is 57.3. The largest absolute Gasteiger partial charge is 1.00 e. The van der Waals surface area contributed by atoms with Crippen molar-refractivity contribution < 1.29 is 75.4 Å². The van der Waals surface area contributed by atoms with Gasteiger partial charge in [0, 0.05) is 0 Å². The predicted molar refractivity (Wildman–Crippen MR) is 247 cm³/mol. The fourth-order valence-electron chi connectivity index (χ4n) is 7.67. The summed E-state index contributed by atoms with van der Waals surface area (Å²) in [5.41, 5.74) is 7.04. The van der Waals surface area contributed by atoms with Crippen molar-refractivity contribution in [3.05, 3.63) is 147 Å². The standard InChI is InChI=1S/C29H41.C15H8F6.C11H17.2ClH.Zr/c1-26(2,3)22-14-18-13-19-15-23(27(4,5)6)25(29(10,11)12)17-21(19)20(18)16-24(22)28(7,8)9;16-14(17,18)12-5-1-3-10(8-12)7-11-4-2-6-13(9-11)15(19,20)21;1-5-9-6-7-10(8-9)11(2,3)4;;;/h13-17H,1-12H3;1-6,8-9H;7-9H,5H2,1-4H3;2*1H;/q-1;;-1;;;+2/p-2. The number of fused-ring (bicyclic) bond motifs is 3. The maximum absolute atomic E-state index is 12.7. The summed E-state index contributed by atoms with van der Waals surface area (Å²) in [4.78, 5) is 0. The Morgan fingerprint density at radius 1 is 0.531 bits per heavy atom. The van der Waals surface area contributed by atoms with Gasteiger partial charge < -0.3 is 24.8 Å². The van der Waals surface area contributed by atoms with Gasteiger partial charge >= 0.3 is 137 Å². The summed E-state index contributed by atoms with van der Waals surface area (Å²) in [5, 5.41) is 5.57. The van der Waals surface area contributed by atoms with Crippen molar-refractivity contribution in [2.75, 3.05) is 0 Å². The second-order valence-corrected chi connectivity index (χ2v) is 23.1. The van der Waals surface area contributed by atoms with Gasteiger partial charge in [-0.3, -0.25) is 6.08 Å². The van der Waals surface area contributed by atoms with Crippen LogP contribution in [0.1, 0.15) is 162 Å². The molecule has 5 aromatic carbocycles. The number of hydrogen-bond donors (Lipinski definition) is 0. The van der Waals surface area contributed by atoms with E-state index < -0.39 is 23.5 Å². The summed E-state index contributed by atoms with van der Waals surface area (Å²) in [6.07, 6.45) is 0.0304. The van der Waals surface area contributed by atoms with E-state index in [1.165, 1.54) is 80.1 Å². The third-order valence-corrected chi connectivity index (χ3v) is 12.7. The normalized spacial score (nSPS) is 14.8. The van der Waals surface area contributed by atoms with E-state index in [2.05, 4.69) is 159 Å². The number of allylic oxidation sites excluding steroid dienone is 4.